The summed E-state index contributed by atoms with van der Waals surface area (Å²) in [6.07, 6.45) is 1.62. The van der Waals surface area contributed by atoms with Gasteiger partial charge in [-0.1, -0.05) is 6.92 Å². The molecule has 10 heteroatoms. The lowest BCUT2D eigenvalue weighted by atomic mass is 10.1. The highest BCUT2D eigenvalue weighted by molar-refractivity contribution is 7.16. The number of carboxylic acids is 1. The first-order valence-corrected chi connectivity index (χ1v) is 7.42. The molecule has 0 bridgehead atoms. The number of nitrogens with one attached hydrogen (secondary N) is 1. The van der Waals surface area contributed by atoms with Gasteiger partial charge in [-0.15, -0.1) is 11.3 Å². The first-order valence-electron chi connectivity index (χ1n) is 6.61. The predicted molar refractivity (Wildman–Crippen MR) is 83.2 cm³/mol. The molecule has 23 heavy (non-hydrogen) atoms. The van der Waals surface area contributed by atoms with Crippen molar-refractivity contribution in [3.8, 4) is 0 Å². The fourth-order valence-electron chi connectivity index (χ4n) is 2.25. The molecule has 0 aliphatic rings. The highest BCUT2D eigenvalue weighted by atomic mass is 32.1. The van der Waals surface area contributed by atoms with E-state index in [-0.39, 0.29) is 16.3 Å². The van der Waals surface area contributed by atoms with Crippen molar-refractivity contribution in [1.82, 2.24) is 9.78 Å². The molecule has 2 N–H and O–H groups in total. The van der Waals surface area contributed by atoms with Crippen LogP contribution in [0.4, 0.5) is 10.7 Å². The normalized spacial score (nSPS) is 10.6. The minimum atomic E-state index is -1.16. The van der Waals surface area contributed by atoms with E-state index in [0.29, 0.717) is 12.0 Å². The molecule has 9 nitrogen and oxygen atoms in total. The lowest BCUT2D eigenvalue weighted by Gasteiger charge is -2.03. The number of aryl methyl sites for hydroxylation is 2. The maximum atomic E-state index is 12.3. The van der Waals surface area contributed by atoms with E-state index in [9.17, 15) is 24.8 Å². The number of nitrogens with zero attached hydrogens (tertiary/aromatic N) is 3. The third kappa shape index (κ3) is 3.06. The summed E-state index contributed by atoms with van der Waals surface area (Å²) >= 11 is 1.12. The smallest absolute Gasteiger partial charge is 0.339 e. The van der Waals surface area contributed by atoms with Crippen molar-refractivity contribution in [3.05, 3.63) is 38.0 Å². The number of nitro groups is 1. The van der Waals surface area contributed by atoms with Gasteiger partial charge in [0.25, 0.3) is 5.91 Å². The Labute approximate surface area is 134 Å². The molecule has 0 aliphatic carbocycles. The van der Waals surface area contributed by atoms with Crippen molar-refractivity contribution in [2.75, 3.05) is 5.32 Å². The summed E-state index contributed by atoms with van der Waals surface area (Å²) in [4.78, 5) is 34.7. The Balaban J connectivity index is 2.42. The van der Waals surface area contributed by atoms with Crippen LogP contribution in [-0.4, -0.2) is 31.7 Å². The molecule has 2 aromatic rings. The van der Waals surface area contributed by atoms with E-state index >= 15 is 0 Å². The zero-order chi connectivity index (χ0) is 17.3. The molecule has 2 aromatic heterocycles. The fourth-order valence-corrected chi connectivity index (χ4v) is 3.38. The number of aromatic nitrogens is 2. The first-order chi connectivity index (χ1) is 10.8. The number of amides is 1. The molecule has 0 atom stereocenters. The quantitative estimate of drug-likeness (QED) is 0.635. The second-order valence-corrected chi connectivity index (χ2v) is 5.97. The first kappa shape index (κ1) is 16.6. The maximum Gasteiger partial charge on any atom is 0.339 e. The van der Waals surface area contributed by atoms with Crippen molar-refractivity contribution in [2.45, 2.75) is 20.3 Å². The molecular weight excluding hydrogens is 324 g/mol. The van der Waals surface area contributed by atoms with Gasteiger partial charge in [0, 0.05) is 11.9 Å². The summed E-state index contributed by atoms with van der Waals surface area (Å²) in [6, 6.07) is 0. The molecule has 0 saturated carbocycles. The van der Waals surface area contributed by atoms with Crippen molar-refractivity contribution in [3.63, 3.8) is 0 Å². The Morgan fingerprint density at radius 3 is 2.70 bits per heavy atom. The molecule has 0 aromatic carbocycles. The minimum absolute atomic E-state index is 0.0157. The zero-order valence-corrected chi connectivity index (χ0v) is 13.4. The van der Waals surface area contributed by atoms with Crippen molar-refractivity contribution in [2.24, 2.45) is 7.05 Å². The zero-order valence-electron chi connectivity index (χ0n) is 12.6. The van der Waals surface area contributed by atoms with Gasteiger partial charge in [-0.2, -0.15) is 5.10 Å². The Hall–Kier alpha value is -2.75. The number of aromatic carboxylic acids is 1. The highest BCUT2D eigenvalue weighted by Gasteiger charge is 2.28. The van der Waals surface area contributed by atoms with Gasteiger partial charge in [-0.3, -0.25) is 19.6 Å². The third-order valence-electron chi connectivity index (χ3n) is 3.22. The molecule has 122 valence electrons. The molecule has 0 aliphatic heterocycles. The number of carbonyl (C=O) groups is 2. The highest BCUT2D eigenvalue weighted by Crippen LogP contribution is 2.34. The fraction of sp³-hybridized carbons (Fsp3) is 0.308. The van der Waals surface area contributed by atoms with E-state index in [2.05, 4.69) is 10.4 Å². The van der Waals surface area contributed by atoms with Crippen LogP contribution in [0.15, 0.2) is 6.20 Å². The molecule has 0 unspecified atom stereocenters. The molecule has 0 radical (unpaired) electrons. The van der Waals surface area contributed by atoms with Crippen LogP contribution >= 0.6 is 11.3 Å². The van der Waals surface area contributed by atoms with Crippen molar-refractivity contribution >= 4 is 33.9 Å². The van der Waals surface area contributed by atoms with Gasteiger partial charge in [0.1, 0.15) is 11.2 Å². The van der Waals surface area contributed by atoms with Crippen LogP contribution in [0.3, 0.4) is 0 Å². The van der Waals surface area contributed by atoms with Gasteiger partial charge in [-0.05, 0) is 18.9 Å². The molecular formula is C13H14N4O5S. The number of carbonyl (C=O) groups excluding carboxylic acids is 1. The number of hydrogen-bond acceptors (Lipinski definition) is 6. The van der Waals surface area contributed by atoms with Gasteiger partial charge in [0.2, 0.25) is 5.69 Å². The number of carboxylic acid groups (broad SMARTS) is 1. The Kier molecular flexibility index (Phi) is 4.45. The van der Waals surface area contributed by atoms with Gasteiger partial charge >= 0.3 is 11.7 Å². The Bertz CT molecular complexity index is 808. The second kappa shape index (κ2) is 6.16. The van der Waals surface area contributed by atoms with Crippen molar-refractivity contribution < 1.29 is 19.6 Å². The van der Waals surface area contributed by atoms with Crippen LogP contribution in [0.5, 0.6) is 0 Å². The standard InChI is InChI=1S/C13H14N4O5S/c1-4-7-6(2)23-12(9(7)13(19)20)14-11(18)10-8(17(21)22)5-16(3)15-10/h5H,4H2,1-3H3,(H,14,18)(H,19,20). The monoisotopic (exact) mass is 338 g/mol. The SMILES string of the molecule is CCc1c(C)sc(NC(=O)c2nn(C)cc2[N+](=O)[O-])c1C(=O)O. The topological polar surface area (TPSA) is 127 Å². The van der Waals surface area contributed by atoms with E-state index in [0.717, 1.165) is 27.1 Å². The molecule has 0 saturated heterocycles. The minimum Gasteiger partial charge on any atom is -0.478 e. The van der Waals surface area contributed by atoms with E-state index in [4.69, 9.17) is 0 Å². The Morgan fingerprint density at radius 1 is 1.52 bits per heavy atom. The van der Waals surface area contributed by atoms with E-state index in [1.54, 1.807) is 6.92 Å². The third-order valence-corrected chi connectivity index (χ3v) is 4.29. The van der Waals surface area contributed by atoms with Gasteiger partial charge in [-0.25, -0.2) is 4.79 Å². The molecule has 2 heterocycles. The number of rotatable bonds is 5. The summed E-state index contributed by atoms with van der Waals surface area (Å²) in [7, 11) is 1.46. The summed E-state index contributed by atoms with van der Waals surface area (Å²) < 4.78 is 1.16. The van der Waals surface area contributed by atoms with Crippen LogP contribution in [-0.2, 0) is 13.5 Å². The summed E-state index contributed by atoms with van der Waals surface area (Å²) in [6.45, 7) is 3.57. The lowest BCUT2D eigenvalue weighted by Crippen LogP contribution is -2.16. The van der Waals surface area contributed by atoms with Gasteiger partial charge < -0.3 is 10.4 Å². The van der Waals surface area contributed by atoms with Crippen LogP contribution in [0.25, 0.3) is 0 Å². The van der Waals surface area contributed by atoms with E-state index in [1.807, 2.05) is 6.92 Å². The van der Waals surface area contributed by atoms with Gasteiger partial charge in [0.05, 0.1) is 10.5 Å². The summed E-state index contributed by atoms with van der Waals surface area (Å²) in [5, 5.41) is 26.7. The maximum absolute atomic E-state index is 12.3. The van der Waals surface area contributed by atoms with E-state index < -0.39 is 22.5 Å². The van der Waals surface area contributed by atoms with Crippen molar-refractivity contribution in [1.29, 1.82) is 0 Å². The van der Waals surface area contributed by atoms with E-state index in [1.165, 1.54) is 7.05 Å². The van der Waals surface area contributed by atoms with Crippen LogP contribution < -0.4 is 5.32 Å². The van der Waals surface area contributed by atoms with Crippen LogP contribution in [0, 0.1) is 17.0 Å². The molecule has 0 spiro atoms. The number of anilines is 1. The Morgan fingerprint density at radius 2 is 2.17 bits per heavy atom. The van der Waals surface area contributed by atoms with Crippen LogP contribution in [0.2, 0.25) is 0 Å². The second-order valence-electron chi connectivity index (χ2n) is 4.75. The lowest BCUT2D eigenvalue weighted by molar-refractivity contribution is -0.385. The van der Waals surface area contributed by atoms with Gasteiger partial charge in [0.15, 0.2) is 0 Å². The average molecular weight is 338 g/mol. The predicted octanol–water partition coefficient (Wildman–Crippen LogP) is 2.21. The molecule has 0 fully saturated rings. The van der Waals surface area contributed by atoms with Crippen LogP contribution in [0.1, 0.15) is 38.2 Å². The average Bonchev–Trinajstić information content (AvgIpc) is 2.99. The molecule has 2 rings (SSSR count). The largest absolute Gasteiger partial charge is 0.478 e. The summed E-state index contributed by atoms with van der Waals surface area (Å²) in [5.74, 6) is -1.97. The number of hydrogen-bond donors (Lipinski definition) is 2. The summed E-state index contributed by atoms with van der Waals surface area (Å²) in [5.41, 5.74) is -0.154. The number of thiophene rings is 1. The molecule has 1 amide bonds.